The fourth-order valence-electron chi connectivity index (χ4n) is 5.65. The Bertz CT molecular complexity index is 1620. The number of fused-ring (bicyclic) bond motifs is 1. The normalized spacial score (nSPS) is 13.0. The van der Waals surface area contributed by atoms with Gasteiger partial charge in [0.25, 0.3) is 5.91 Å². The number of aryl methyl sites for hydroxylation is 2. The van der Waals surface area contributed by atoms with Crippen molar-refractivity contribution in [2.75, 3.05) is 26.2 Å². The van der Waals surface area contributed by atoms with E-state index >= 15 is 0 Å². The molecule has 7 heteroatoms. The predicted molar refractivity (Wildman–Crippen MR) is 172 cm³/mol. The van der Waals surface area contributed by atoms with Crippen LogP contribution in [0.15, 0.2) is 97.1 Å². The molecule has 0 aliphatic carbocycles. The summed E-state index contributed by atoms with van der Waals surface area (Å²) in [5.41, 5.74) is 8.11. The van der Waals surface area contributed by atoms with E-state index in [9.17, 15) is 19.5 Å². The molecule has 1 aliphatic heterocycles. The van der Waals surface area contributed by atoms with Crippen LogP contribution in [0, 0.1) is 13.8 Å². The highest BCUT2D eigenvalue weighted by Crippen LogP contribution is 2.22. The maximum absolute atomic E-state index is 13.6. The summed E-state index contributed by atoms with van der Waals surface area (Å²) in [6, 6.07) is 31.7. The number of carbonyl (C=O) groups is 3. The molecule has 0 saturated heterocycles. The standard InChI is InChI=1S/C37H39N3O4/c1-26-12-15-29(27(2)20-26)18-19-39(36(43)21-28-13-16-31(17-14-28)30-8-4-3-5-9-30)24-33(41)22-38-35(42)25-40-23-32-10-6-7-11-34(32)37(40)44/h3-17,20,33,41H,18-19,21-25H2,1-2H3,(H,38,42). The Morgan fingerprint density at radius 2 is 1.61 bits per heavy atom. The van der Waals surface area contributed by atoms with Crippen molar-refractivity contribution in [1.29, 1.82) is 0 Å². The molecule has 3 amide bonds. The van der Waals surface area contributed by atoms with Crippen molar-refractivity contribution in [3.8, 4) is 11.1 Å². The lowest BCUT2D eigenvalue weighted by atomic mass is 10.0. The van der Waals surface area contributed by atoms with Gasteiger partial charge in [0.15, 0.2) is 0 Å². The summed E-state index contributed by atoms with van der Waals surface area (Å²) in [4.78, 5) is 42.0. The number of carbonyl (C=O) groups excluding carboxylic acids is 3. The van der Waals surface area contributed by atoms with Gasteiger partial charge in [-0.25, -0.2) is 0 Å². The molecule has 1 aliphatic rings. The lowest BCUT2D eigenvalue weighted by molar-refractivity contribution is -0.131. The van der Waals surface area contributed by atoms with Crippen LogP contribution in [0.25, 0.3) is 11.1 Å². The van der Waals surface area contributed by atoms with Crippen LogP contribution in [0.1, 0.15) is 38.2 Å². The zero-order valence-electron chi connectivity index (χ0n) is 25.3. The van der Waals surface area contributed by atoms with E-state index in [2.05, 4.69) is 49.5 Å². The Hall–Kier alpha value is -4.75. The van der Waals surface area contributed by atoms with Gasteiger partial charge in [0.05, 0.1) is 12.5 Å². The third kappa shape index (κ3) is 7.79. The molecule has 0 aromatic heterocycles. The monoisotopic (exact) mass is 589 g/mol. The summed E-state index contributed by atoms with van der Waals surface area (Å²) < 4.78 is 0. The van der Waals surface area contributed by atoms with Gasteiger partial charge in [-0.1, -0.05) is 96.6 Å². The minimum absolute atomic E-state index is 0.0209. The topological polar surface area (TPSA) is 89.9 Å². The van der Waals surface area contributed by atoms with Crippen LogP contribution in [0.2, 0.25) is 0 Å². The second-order valence-electron chi connectivity index (χ2n) is 11.5. The van der Waals surface area contributed by atoms with Crippen LogP contribution in [-0.4, -0.2) is 64.9 Å². The average molecular weight is 590 g/mol. The van der Waals surface area contributed by atoms with Crippen LogP contribution in [0.3, 0.4) is 0 Å². The number of rotatable bonds is 12. The molecule has 4 aromatic rings. The lowest BCUT2D eigenvalue weighted by Crippen LogP contribution is -2.45. The van der Waals surface area contributed by atoms with E-state index in [1.165, 1.54) is 16.0 Å². The van der Waals surface area contributed by atoms with Crippen molar-refractivity contribution >= 4 is 17.7 Å². The molecular weight excluding hydrogens is 550 g/mol. The van der Waals surface area contributed by atoms with Gasteiger partial charge in [0.2, 0.25) is 11.8 Å². The predicted octanol–water partition coefficient (Wildman–Crippen LogP) is 4.72. The van der Waals surface area contributed by atoms with Gasteiger partial charge in [0.1, 0.15) is 6.54 Å². The first-order valence-corrected chi connectivity index (χ1v) is 15.1. The first-order chi connectivity index (χ1) is 21.3. The van der Waals surface area contributed by atoms with E-state index in [4.69, 9.17) is 0 Å². The van der Waals surface area contributed by atoms with Crippen LogP contribution in [0.4, 0.5) is 0 Å². The zero-order valence-corrected chi connectivity index (χ0v) is 25.3. The van der Waals surface area contributed by atoms with Crippen molar-refractivity contribution in [2.45, 2.75) is 39.3 Å². The summed E-state index contributed by atoms with van der Waals surface area (Å²) in [6.45, 7) is 4.92. The molecule has 0 radical (unpaired) electrons. The smallest absolute Gasteiger partial charge is 0.254 e. The molecular formula is C37H39N3O4. The van der Waals surface area contributed by atoms with E-state index in [0.29, 0.717) is 25.1 Å². The Morgan fingerprint density at radius 1 is 0.909 bits per heavy atom. The number of aliphatic hydroxyl groups excluding tert-OH is 1. The van der Waals surface area contributed by atoms with Gasteiger partial charge in [-0.15, -0.1) is 0 Å². The number of benzene rings is 4. The van der Waals surface area contributed by atoms with Crippen LogP contribution >= 0.6 is 0 Å². The first kappa shape index (κ1) is 30.7. The molecule has 44 heavy (non-hydrogen) atoms. The van der Waals surface area contributed by atoms with E-state index in [-0.39, 0.29) is 43.8 Å². The number of nitrogens with one attached hydrogen (secondary N) is 1. The van der Waals surface area contributed by atoms with E-state index in [1.807, 2.05) is 60.7 Å². The number of nitrogens with zero attached hydrogens (tertiary/aromatic N) is 2. The Morgan fingerprint density at radius 3 is 2.34 bits per heavy atom. The maximum atomic E-state index is 13.6. The van der Waals surface area contributed by atoms with Gasteiger partial charge in [0, 0.05) is 31.7 Å². The van der Waals surface area contributed by atoms with Crippen LogP contribution in [0.5, 0.6) is 0 Å². The Balaban J connectivity index is 1.19. The van der Waals surface area contributed by atoms with Crippen molar-refractivity contribution < 1.29 is 19.5 Å². The van der Waals surface area contributed by atoms with Crippen molar-refractivity contribution in [3.63, 3.8) is 0 Å². The highest BCUT2D eigenvalue weighted by Gasteiger charge is 2.28. The molecule has 0 saturated carbocycles. The van der Waals surface area contributed by atoms with Gasteiger partial charge < -0.3 is 20.2 Å². The third-order valence-electron chi connectivity index (χ3n) is 8.11. The van der Waals surface area contributed by atoms with Crippen LogP contribution in [-0.2, 0) is 29.0 Å². The van der Waals surface area contributed by atoms with Gasteiger partial charge >= 0.3 is 0 Å². The highest BCUT2D eigenvalue weighted by atomic mass is 16.3. The fraction of sp³-hybridized carbons (Fsp3) is 0.270. The molecule has 0 fully saturated rings. The summed E-state index contributed by atoms with van der Waals surface area (Å²) in [5, 5.41) is 13.6. The van der Waals surface area contributed by atoms with E-state index < -0.39 is 6.10 Å². The molecule has 226 valence electrons. The van der Waals surface area contributed by atoms with Crippen molar-refractivity contribution in [1.82, 2.24) is 15.1 Å². The summed E-state index contributed by atoms with van der Waals surface area (Å²) in [5.74, 6) is -0.610. The first-order valence-electron chi connectivity index (χ1n) is 15.1. The van der Waals surface area contributed by atoms with Gasteiger partial charge in [-0.3, -0.25) is 14.4 Å². The molecule has 0 spiro atoms. The molecule has 4 aromatic carbocycles. The second kappa shape index (κ2) is 14.1. The summed E-state index contributed by atoms with van der Waals surface area (Å²) in [6.07, 6.45) is -0.103. The number of amides is 3. The number of hydrogen-bond donors (Lipinski definition) is 2. The minimum Gasteiger partial charge on any atom is -0.389 e. The largest absolute Gasteiger partial charge is 0.389 e. The second-order valence-corrected chi connectivity index (χ2v) is 11.5. The van der Waals surface area contributed by atoms with E-state index in [0.717, 1.165) is 27.8 Å². The molecule has 1 unspecified atom stereocenters. The maximum Gasteiger partial charge on any atom is 0.254 e. The Kier molecular flexibility index (Phi) is 9.87. The Labute approximate surface area is 259 Å². The summed E-state index contributed by atoms with van der Waals surface area (Å²) >= 11 is 0. The van der Waals surface area contributed by atoms with Crippen LogP contribution < -0.4 is 5.32 Å². The highest BCUT2D eigenvalue weighted by molar-refractivity contribution is 6.00. The molecule has 1 atom stereocenters. The lowest BCUT2D eigenvalue weighted by Gasteiger charge is -2.26. The van der Waals surface area contributed by atoms with Gasteiger partial charge in [-0.2, -0.15) is 0 Å². The van der Waals surface area contributed by atoms with Gasteiger partial charge in [-0.05, 0) is 59.7 Å². The van der Waals surface area contributed by atoms with E-state index in [1.54, 1.807) is 11.0 Å². The third-order valence-corrected chi connectivity index (χ3v) is 8.11. The minimum atomic E-state index is -0.964. The van der Waals surface area contributed by atoms with Crippen molar-refractivity contribution in [2.24, 2.45) is 0 Å². The number of aliphatic hydroxyl groups is 1. The average Bonchev–Trinajstić information content (AvgIpc) is 3.34. The molecule has 7 nitrogen and oxygen atoms in total. The summed E-state index contributed by atoms with van der Waals surface area (Å²) in [7, 11) is 0. The SMILES string of the molecule is Cc1ccc(CCN(CC(O)CNC(=O)CN2Cc3ccccc3C2=O)C(=O)Cc2ccc(-c3ccccc3)cc2)c(C)c1. The quantitative estimate of drug-likeness (QED) is 0.250. The van der Waals surface area contributed by atoms with Crippen molar-refractivity contribution in [3.05, 3.63) is 130 Å². The molecule has 0 bridgehead atoms. The molecule has 5 rings (SSSR count). The molecule has 2 N–H and O–H groups in total. The fourth-order valence-corrected chi connectivity index (χ4v) is 5.65. The zero-order chi connectivity index (χ0) is 31.1. The molecule has 1 heterocycles. The number of hydrogen-bond acceptors (Lipinski definition) is 4.